The van der Waals surface area contributed by atoms with Crippen molar-refractivity contribution in [3.8, 4) is 11.5 Å². The number of aromatic nitrogens is 1. The number of pyridine rings is 1. The van der Waals surface area contributed by atoms with Gasteiger partial charge in [0.25, 0.3) is 11.7 Å². The van der Waals surface area contributed by atoms with E-state index in [4.69, 9.17) is 9.47 Å². The third-order valence-electron chi connectivity index (χ3n) is 5.63. The molecule has 3 aromatic rings. The molecule has 0 spiro atoms. The molecule has 0 saturated carbocycles. The van der Waals surface area contributed by atoms with E-state index in [2.05, 4.69) is 4.98 Å². The second-order valence-corrected chi connectivity index (χ2v) is 7.94. The van der Waals surface area contributed by atoms with Gasteiger partial charge < -0.3 is 19.5 Å². The van der Waals surface area contributed by atoms with Crippen LogP contribution in [-0.4, -0.2) is 40.4 Å². The average molecular weight is 459 g/mol. The molecule has 1 aliphatic heterocycles. The Kier molecular flexibility index (Phi) is 6.92. The Hall–Kier alpha value is -4.13. The Bertz CT molecular complexity index is 1210. The van der Waals surface area contributed by atoms with Gasteiger partial charge in [0.05, 0.1) is 25.3 Å². The highest BCUT2D eigenvalue weighted by Crippen LogP contribution is 2.41. The number of benzene rings is 2. The third-order valence-corrected chi connectivity index (χ3v) is 5.63. The number of nitrogens with zero attached hydrogens (tertiary/aromatic N) is 2. The van der Waals surface area contributed by atoms with E-state index in [1.807, 2.05) is 13.0 Å². The van der Waals surface area contributed by atoms with Gasteiger partial charge in [-0.3, -0.25) is 14.6 Å². The van der Waals surface area contributed by atoms with E-state index >= 15 is 0 Å². The molecular weight excluding hydrogens is 432 g/mol. The van der Waals surface area contributed by atoms with Crippen molar-refractivity contribution in [2.24, 2.45) is 0 Å². The van der Waals surface area contributed by atoms with Crippen molar-refractivity contribution in [2.45, 2.75) is 25.9 Å². The van der Waals surface area contributed by atoms with Crippen molar-refractivity contribution in [1.82, 2.24) is 9.88 Å². The van der Waals surface area contributed by atoms with E-state index in [0.29, 0.717) is 29.2 Å². The summed E-state index contributed by atoms with van der Waals surface area (Å²) in [5.74, 6) is -0.424. The van der Waals surface area contributed by atoms with Crippen LogP contribution in [0.5, 0.6) is 11.5 Å². The minimum Gasteiger partial charge on any atom is -0.507 e. The summed E-state index contributed by atoms with van der Waals surface area (Å²) in [7, 11) is 1.57. The second kappa shape index (κ2) is 10.2. The first-order chi connectivity index (χ1) is 16.5. The lowest BCUT2D eigenvalue weighted by Gasteiger charge is -2.25. The normalized spacial score (nSPS) is 17.1. The molecule has 7 nitrogen and oxygen atoms in total. The van der Waals surface area contributed by atoms with Gasteiger partial charge in [-0.25, -0.2) is 0 Å². The van der Waals surface area contributed by atoms with Gasteiger partial charge in [0.1, 0.15) is 17.3 Å². The van der Waals surface area contributed by atoms with Crippen LogP contribution in [0.3, 0.4) is 0 Å². The van der Waals surface area contributed by atoms with Crippen molar-refractivity contribution >= 4 is 17.4 Å². The molecule has 1 N–H and O–H groups in total. The van der Waals surface area contributed by atoms with Crippen LogP contribution in [0.15, 0.2) is 78.6 Å². The van der Waals surface area contributed by atoms with Gasteiger partial charge in [0.15, 0.2) is 0 Å². The predicted molar refractivity (Wildman–Crippen MR) is 127 cm³/mol. The minimum absolute atomic E-state index is 0.0340. The monoisotopic (exact) mass is 458 g/mol. The smallest absolute Gasteiger partial charge is 0.295 e. The first-order valence-corrected chi connectivity index (χ1v) is 11.1. The topological polar surface area (TPSA) is 89.0 Å². The van der Waals surface area contributed by atoms with Gasteiger partial charge in [-0.15, -0.1) is 0 Å². The molecule has 1 amide bonds. The number of carbonyl (C=O) groups excluding carboxylic acids is 2. The zero-order valence-corrected chi connectivity index (χ0v) is 19.1. The fourth-order valence-corrected chi connectivity index (χ4v) is 3.97. The maximum atomic E-state index is 13.2. The van der Waals surface area contributed by atoms with Gasteiger partial charge in [-0.1, -0.05) is 37.3 Å². The molecule has 1 fully saturated rings. The molecule has 4 rings (SSSR count). The number of hydrogen-bond donors (Lipinski definition) is 1. The van der Waals surface area contributed by atoms with E-state index in [1.54, 1.807) is 74.1 Å². The highest BCUT2D eigenvalue weighted by molar-refractivity contribution is 6.46. The zero-order chi connectivity index (χ0) is 24.1. The van der Waals surface area contributed by atoms with Crippen molar-refractivity contribution in [2.75, 3.05) is 13.7 Å². The summed E-state index contributed by atoms with van der Waals surface area (Å²) in [6.07, 6.45) is 4.14. The Morgan fingerprint density at radius 2 is 1.85 bits per heavy atom. The summed E-state index contributed by atoms with van der Waals surface area (Å²) < 4.78 is 10.9. The Morgan fingerprint density at radius 1 is 1.06 bits per heavy atom. The summed E-state index contributed by atoms with van der Waals surface area (Å²) in [5, 5.41) is 11.3. The van der Waals surface area contributed by atoms with E-state index < -0.39 is 17.7 Å². The van der Waals surface area contributed by atoms with Crippen LogP contribution in [0.4, 0.5) is 0 Å². The molecule has 1 saturated heterocycles. The Labute approximate surface area is 198 Å². The number of amides is 1. The van der Waals surface area contributed by atoms with Crippen molar-refractivity contribution in [3.63, 3.8) is 0 Å². The molecule has 34 heavy (non-hydrogen) atoms. The molecule has 0 bridgehead atoms. The van der Waals surface area contributed by atoms with Crippen LogP contribution in [0, 0.1) is 0 Å². The van der Waals surface area contributed by atoms with Crippen molar-refractivity contribution in [1.29, 1.82) is 0 Å². The number of likely N-dealkylation sites (tertiary alicyclic amines) is 1. The molecule has 0 aliphatic carbocycles. The summed E-state index contributed by atoms with van der Waals surface area (Å²) in [4.78, 5) is 31.9. The summed E-state index contributed by atoms with van der Waals surface area (Å²) >= 11 is 0. The fraction of sp³-hybridized carbons (Fsp3) is 0.222. The predicted octanol–water partition coefficient (Wildman–Crippen LogP) is 4.50. The summed E-state index contributed by atoms with van der Waals surface area (Å²) in [6.45, 7) is 2.71. The van der Waals surface area contributed by atoms with Crippen LogP contribution in [0.2, 0.25) is 0 Å². The lowest BCUT2D eigenvalue weighted by atomic mass is 9.95. The number of ether oxygens (including phenoxy) is 2. The molecule has 2 aromatic carbocycles. The number of aliphatic hydroxyl groups is 1. The molecule has 1 aliphatic rings. The number of methoxy groups -OCH3 is 1. The van der Waals surface area contributed by atoms with E-state index in [-0.39, 0.29) is 17.9 Å². The van der Waals surface area contributed by atoms with E-state index in [0.717, 1.165) is 12.0 Å². The van der Waals surface area contributed by atoms with E-state index in [1.165, 1.54) is 4.90 Å². The zero-order valence-electron chi connectivity index (χ0n) is 19.1. The quantitative estimate of drug-likeness (QED) is 0.304. The van der Waals surface area contributed by atoms with Gasteiger partial charge in [-0.2, -0.15) is 0 Å². The number of ketones is 1. The number of Topliss-reactive ketones (excluding diaryl/α,β-unsaturated/α-hetero) is 1. The lowest BCUT2D eigenvalue weighted by Crippen LogP contribution is -2.29. The molecule has 2 heterocycles. The fourth-order valence-electron chi connectivity index (χ4n) is 3.97. The third kappa shape index (κ3) is 4.64. The van der Waals surface area contributed by atoms with Crippen LogP contribution < -0.4 is 9.47 Å². The first-order valence-electron chi connectivity index (χ1n) is 11.1. The van der Waals surface area contributed by atoms with Gasteiger partial charge >= 0.3 is 0 Å². The molecule has 0 radical (unpaired) electrons. The van der Waals surface area contributed by atoms with Crippen LogP contribution in [0.1, 0.15) is 36.1 Å². The first kappa shape index (κ1) is 23.0. The number of rotatable bonds is 8. The lowest BCUT2D eigenvalue weighted by molar-refractivity contribution is -0.140. The maximum Gasteiger partial charge on any atom is 0.295 e. The SMILES string of the molecule is CCCOc1cccc(/C(O)=C2/C(=O)C(=O)N(Cc3cccnc3)C2c2ccc(OC)cc2)c1. The molecule has 1 aromatic heterocycles. The summed E-state index contributed by atoms with van der Waals surface area (Å²) in [6, 6.07) is 16.8. The molecule has 174 valence electrons. The van der Waals surface area contributed by atoms with Crippen molar-refractivity contribution < 1.29 is 24.2 Å². The highest BCUT2D eigenvalue weighted by Gasteiger charge is 2.46. The maximum absolute atomic E-state index is 13.2. The van der Waals surface area contributed by atoms with Gasteiger partial charge in [0.2, 0.25) is 0 Å². The molecule has 1 unspecified atom stereocenters. The average Bonchev–Trinajstić information content (AvgIpc) is 3.12. The minimum atomic E-state index is -0.772. The molecule has 7 heteroatoms. The second-order valence-electron chi connectivity index (χ2n) is 7.94. The van der Waals surface area contributed by atoms with E-state index in [9.17, 15) is 14.7 Å². The Morgan fingerprint density at radius 3 is 2.53 bits per heavy atom. The number of hydrogen-bond acceptors (Lipinski definition) is 6. The highest BCUT2D eigenvalue weighted by atomic mass is 16.5. The summed E-state index contributed by atoms with van der Waals surface area (Å²) in [5.41, 5.74) is 1.90. The van der Waals surface area contributed by atoms with Crippen LogP contribution in [-0.2, 0) is 16.1 Å². The van der Waals surface area contributed by atoms with Crippen molar-refractivity contribution in [3.05, 3.63) is 95.3 Å². The molecular formula is C27H26N2O5. The van der Waals surface area contributed by atoms with Crippen LogP contribution in [0.25, 0.3) is 5.76 Å². The number of carbonyl (C=O) groups is 2. The standard InChI is InChI=1S/C27H26N2O5/c1-3-14-34-22-8-4-7-20(15-22)25(30)23-24(19-9-11-21(33-2)12-10-19)29(27(32)26(23)31)17-18-6-5-13-28-16-18/h4-13,15-16,24,30H,3,14,17H2,1-2H3/b25-23-. The Balaban J connectivity index is 1.81. The van der Waals surface area contributed by atoms with Gasteiger partial charge in [0, 0.05) is 24.5 Å². The van der Waals surface area contributed by atoms with Gasteiger partial charge in [-0.05, 0) is 47.9 Å². The largest absolute Gasteiger partial charge is 0.507 e. The van der Waals surface area contributed by atoms with Crippen LogP contribution >= 0.6 is 0 Å². The molecule has 1 atom stereocenters. The number of aliphatic hydroxyl groups excluding tert-OH is 1.